The second-order valence-corrected chi connectivity index (χ2v) is 6.58. The summed E-state index contributed by atoms with van der Waals surface area (Å²) >= 11 is 8.68. The minimum atomic E-state index is -0.547. The molecule has 0 amide bonds. The van der Waals surface area contributed by atoms with E-state index in [0.29, 0.717) is 20.0 Å². The highest BCUT2D eigenvalue weighted by molar-refractivity contribution is 8.19. The summed E-state index contributed by atoms with van der Waals surface area (Å²) in [7, 11) is 0. The van der Waals surface area contributed by atoms with Crippen LogP contribution in [0.5, 0.6) is 0 Å². The molecule has 0 aliphatic carbocycles. The molecule has 2 heterocycles. The number of thiazole rings is 1. The fraction of sp³-hybridized carbons (Fsp3) is 0.0714. The number of rotatable bonds is 2. The van der Waals surface area contributed by atoms with Gasteiger partial charge in [0.15, 0.2) is 5.78 Å². The number of Topliss-reactive ketones (excluding diaryl/α,β-unsaturated/α-hetero) is 1. The Morgan fingerprint density at radius 3 is 2.85 bits per heavy atom. The van der Waals surface area contributed by atoms with Gasteiger partial charge < -0.3 is 0 Å². The lowest BCUT2D eigenvalue weighted by Gasteiger charge is -2.01. The molecule has 3 rings (SSSR count). The van der Waals surface area contributed by atoms with E-state index in [2.05, 4.69) is 4.98 Å². The van der Waals surface area contributed by atoms with Gasteiger partial charge in [-0.2, -0.15) is 0 Å². The predicted octanol–water partition coefficient (Wildman–Crippen LogP) is 4.21. The second-order valence-electron chi connectivity index (χ2n) is 4.16. The smallest absolute Gasteiger partial charge is 0.186 e. The van der Waals surface area contributed by atoms with E-state index in [1.165, 1.54) is 23.1 Å². The first-order valence-electron chi connectivity index (χ1n) is 5.83. The van der Waals surface area contributed by atoms with Gasteiger partial charge in [-0.25, -0.2) is 4.98 Å². The Morgan fingerprint density at radius 2 is 2.15 bits per heavy atom. The summed E-state index contributed by atoms with van der Waals surface area (Å²) < 4.78 is 0. The van der Waals surface area contributed by atoms with Crippen molar-refractivity contribution in [2.75, 3.05) is 0 Å². The minimum absolute atomic E-state index is 0.0742. The van der Waals surface area contributed by atoms with Gasteiger partial charge in [-0.05, 0) is 17.7 Å². The lowest BCUT2D eigenvalue weighted by molar-refractivity contribution is -0.114. The number of hydrogen-bond acceptors (Lipinski definition) is 5. The number of nitrogens with zero attached hydrogens (tertiary/aromatic N) is 1. The summed E-state index contributed by atoms with van der Waals surface area (Å²) in [5, 5.41) is 11.4. The van der Waals surface area contributed by atoms with Gasteiger partial charge in [0.05, 0.1) is 9.95 Å². The van der Waals surface area contributed by atoms with Crippen molar-refractivity contribution in [3.63, 3.8) is 0 Å². The first kappa shape index (κ1) is 13.5. The minimum Gasteiger partial charge on any atom is -0.297 e. The molecule has 1 aromatic carbocycles. The maximum atomic E-state index is 12.4. The maximum Gasteiger partial charge on any atom is 0.186 e. The van der Waals surface area contributed by atoms with Crippen molar-refractivity contribution < 1.29 is 4.79 Å². The van der Waals surface area contributed by atoms with Crippen molar-refractivity contribution in [2.45, 2.75) is 5.92 Å². The number of carbonyl (C=O) groups is 1. The van der Waals surface area contributed by atoms with Crippen LogP contribution in [0.15, 0.2) is 40.7 Å². The van der Waals surface area contributed by atoms with Crippen molar-refractivity contribution in [1.29, 1.82) is 5.41 Å². The lowest BCUT2D eigenvalue weighted by atomic mass is 10.1. The summed E-state index contributed by atoms with van der Waals surface area (Å²) in [6.45, 7) is 0. The quantitative estimate of drug-likeness (QED) is 0.843. The molecule has 0 spiro atoms. The van der Waals surface area contributed by atoms with Crippen molar-refractivity contribution in [1.82, 2.24) is 4.98 Å². The average molecular weight is 321 g/mol. The normalized spacial score (nSPS) is 20.9. The number of nitrogens with one attached hydrogen (secondary N) is 1. The van der Waals surface area contributed by atoms with Gasteiger partial charge in [-0.1, -0.05) is 41.6 Å². The van der Waals surface area contributed by atoms with E-state index in [1.807, 2.05) is 23.6 Å². The Labute approximate surface area is 129 Å². The van der Waals surface area contributed by atoms with Crippen LogP contribution in [-0.4, -0.2) is 15.8 Å². The molecular weight excluding hydrogens is 312 g/mol. The molecule has 6 heteroatoms. The van der Waals surface area contributed by atoms with Crippen LogP contribution in [0.2, 0.25) is 5.02 Å². The number of hydrogen-bond donors (Lipinski definition) is 1. The Bertz CT molecular complexity index is 710. The number of carbonyl (C=O) groups excluding carboxylic acids is 1. The van der Waals surface area contributed by atoms with Gasteiger partial charge in [-0.15, -0.1) is 11.3 Å². The van der Waals surface area contributed by atoms with Gasteiger partial charge in [0.1, 0.15) is 10.9 Å². The number of benzene rings is 1. The molecule has 0 radical (unpaired) electrons. The molecule has 0 unspecified atom stereocenters. The first-order valence-corrected chi connectivity index (χ1v) is 7.90. The van der Waals surface area contributed by atoms with Gasteiger partial charge >= 0.3 is 0 Å². The van der Waals surface area contributed by atoms with Crippen LogP contribution in [0, 0.1) is 5.41 Å². The van der Waals surface area contributed by atoms with E-state index in [1.54, 1.807) is 18.3 Å². The summed E-state index contributed by atoms with van der Waals surface area (Å²) in [6.07, 6.45) is 3.40. The number of ketones is 1. The molecule has 1 fully saturated rings. The summed E-state index contributed by atoms with van der Waals surface area (Å²) in [5.74, 6) is -0.622. The Hall–Kier alpha value is -1.43. The number of allylic oxidation sites excluding steroid dienone is 1. The maximum absolute atomic E-state index is 12.4. The highest BCUT2D eigenvalue weighted by Gasteiger charge is 2.38. The topological polar surface area (TPSA) is 53.8 Å². The van der Waals surface area contributed by atoms with E-state index >= 15 is 0 Å². The highest BCUT2D eigenvalue weighted by atomic mass is 35.5. The van der Waals surface area contributed by atoms with Gasteiger partial charge in [0, 0.05) is 16.6 Å². The van der Waals surface area contributed by atoms with E-state index in [0.717, 1.165) is 5.56 Å². The third kappa shape index (κ3) is 2.44. The number of thioether (sulfide) groups is 1. The van der Waals surface area contributed by atoms with Crippen LogP contribution in [0.1, 0.15) is 16.5 Å². The van der Waals surface area contributed by atoms with Crippen LogP contribution in [0.3, 0.4) is 0 Å². The van der Waals surface area contributed by atoms with Crippen molar-refractivity contribution in [3.05, 3.63) is 56.3 Å². The summed E-state index contributed by atoms with van der Waals surface area (Å²) in [4.78, 5) is 17.1. The third-order valence-electron chi connectivity index (χ3n) is 2.88. The standard InChI is InChI=1S/C14H9ClN2OS2/c15-9-4-2-1-3-8(9)7-10-12(18)11(13(16)20-10)14-17-5-6-19-14/h1-7,11,16H/b10-7-,16-13?/t11-/m1/s1. The number of aromatic nitrogens is 1. The SMILES string of the molecule is N=C1S/C(=C\c2ccccc2Cl)C(=O)[C@H]1c1nccs1. The summed E-state index contributed by atoms with van der Waals surface area (Å²) in [5.41, 5.74) is 0.789. The zero-order valence-corrected chi connectivity index (χ0v) is 12.6. The molecule has 1 N–H and O–H groups in total. The average Bonchev–Trinajstić information content (AvgIpc) is 3.02. The molecule has 2 aromatic rings. The van der Waals surface area contributed by atoms with Crippen molar-refractivity contribution >= 4 is 51.6 Å². The van der Waals surface area contributed by atoms with Gasteiger partial charge in [-0.3, -0.25) is 10.2 Å². The van der Waals surface area contributed by atoms with Crippen LogP contribution < -0.4 is 0 Å². The Balaban J connectivity index is 1.96. The third-order valence-corrected chi connectivity index (χ3v) is 5.06. The molecule has 0 saturated carbocycles. The second kappa shape index (κ2) is 5.52. The Morgan fingerprint density at radius 1 is 1.35 bits per heavy atom. The fourth-order valence-electron chi connectivity index (χ4n) is 1.92. The number of halogens is 1. The van der Waals surface area contributed by atoms with Crippen LogP contribution in [0.25, 0.3) is 6.08 Å². The largest absolute Gasteiger partial charge is 0.297 e. The first-order chi connectivity index (χ1) is 9.66. The molecule has 100 valence electrons. The van der Waals surface area contributed by atoms with Gasteiger partial charge in [0.2, 0.25) is 0 Å². The molecular formula is C14H9ClN2OS2. The van der Waals surface area contributed by atoms with Crippen LogP contribution in [0.4, 0.5) is 0 Å². The summed E-state index contributed by atoms with van der Waals surface area (Å²) in [6, 6.07) is 7.34. The molecule has 1 aliphatic rings. The van der Waals surface area contributed by atoms with Crippen molar-refractivity contribution in [3.8, 4) is 0 Å². The van der Waals surface area contributed by atoms with Crippen molar-refractivity contribution in [2.24, 2.45) is 0 Å². The molecule has 1 saturated heterocycles. The van der Waals surface area contributed by atoms with Crippen LogP contribution in [-0.2, 0) is 4.79 Å². The van der Waals surface area contributed by atoms with E-state index < -0.39 is 5.92 Å². The zero-order valence-electron chi connectivity index (χ0n) is 10.2. The van der Waals surface area contributed by atoms with Gasteiger partial charge in [0.25, 0.3) is 0 Å². The Kier molecular flexibility index (Phi) is 3.74. The van der Waals surface area contributed by atoms with E-state index in [4.69, 9.17) is 17.0 Å². The van der Waals surface area contributed by atoms with E-state index in [9.17, 15) is 4.79 Å². The lowest BCUT2D eigenvalue weighted by Crippen LogP contribution is -2.11. The predicted molar refractivity (Wildman–Crippen MR) is 84.6 cm³/mol. The van der Waals surface area contributed by atoms with E-state index in [-0.39, 0.29) is 5.78 Å². The molecule has 3 nitrogen and oxygen atoms in total. The zero-order chi connectivity index (χ0) is 14.1. The fourth-order valence-corrected chi connectivity index (χ4v) is 3.91. The van der Waals surface area contributed by atoms with Crippen LogP contribution >= 0.6 is 34.7 Å². The monoisotopic (exact) mass is 320 g/mol. The highest BCUT2D eigenvalue weighted by Crippen LogP contribution is 2.41. The molecule has 20 heavy (non-hydrogen) atoms. The molecule has 0 bridgehead atoms. The molecule has 1 atom stereocenters. The molecule has 1 aromatic heterocycles. The molecule has 1 aliphatic heterocycles.